The first kappa shape index (κ1) is 18.0. The zero-order valence-electron chi connectivity index (χ0n) is 14.2. The maximum absolute atomic E-state index is 6.24. The van der Waals surface area contributed by atoms with Crippen LogP contribution >= 0.6 is 27.5 Å². The summed E-state index contributed by atoms with van der Waals surface area (Å²) in [6.07, 6.45) is 1.89. The molecule has 0 amide bonds. The van der Waals surface area contributed by atoms with Crippen molar-refractivity contribution >= 4 is 33.2 Å². The van der Waals surface area contributed by atoms with Crippen LogP contribution in [0.3, 0.4) is 0 Å². The van der Waals surface area contributed by atoms with Crippen molar-refractivity contribution in [2.24, 2.45) is 0 Å². The van der Waals surface area contributed by atoms with Crippen LogP contribution in [0.2, 0.25) is 5.02 Å². The summed E-state index contributed by atoms with van der Waals surface area (Å²) in [5, 5.41) is 8.51. The highest BCUT2D eigenvalue weighted by Gasteiger charge is 2.17. The molecule has 0 aliphatic carbocycles. The quantitative estimate of drug-likeness (QED) is 0.495. The van der Waals surface area contributed by atoms with Crippen LogP contribution in [-0.2, 0) is 6.42 Å². The van der Waals surface area contributed by atoms with Crippen LogP contribution in [0.15, 0.2) is 57.5 Å². The summed E-state index contributed by atoms with van der Waals surface area (Å²) in [6.45, 7) is 4.11. The van der Waals surface area contributed by atoms with E-state index in [1.807, 2.05) is 49.4 Å². The van der Waals surface area contributed by atoms with E-state index in [0.29, 0.717) is 0 Å². The van der Waals surface area contributed by atoms with E-state index in [2.05, 4.69) is 39.4 Å². The second-order valence-electron chi connectivity index (χ2n) is 6.15. The molecule has 1 heterocycles. The first-order chi connectivity index (χ1) is 12.0. The smallest absolute Gasteiger partial charge is 0.190 e. The molecule has 3 rings (SSSR count). The lowest BCUT2D eigenvalue weighted by atomic mass is 10.1. The lowest BCUT2D eigenvalue weighted by molar-refractivity contribution is 0.427. The van der Waals surface area contributed by atoms with Gasteiger partial charge in [0.25, 0.3) is 0 Å². The van der Waals surface area contributed by atoms with E-state index in [1.165, 1.54) is 5.56 Å². The third-order valence-electron chi connectivity index (χ3n) is 4.16. The van der Waals surface area contributed by atoms with Crippen molar-refractivity contribution in [2.75, 3.05) is 5.32 Å². The van der Waals surface area contributed by atoms with Gasteiger partial charge in [-0.25, -0.2) is 0 Å². The summed E-state index contributed by atoms with van der Waals surface area (Å²) < 4.78 is 6.59. The van der Waals surface area contributed by atoms with Crippen LogP contribution in [0.1, 0.15) is 24.6 Å². The fourth-order valence-electron chi connectivity index (χ4n) is 2.73. The molecule has 0 spiro atoms. The molecule has 0 radical (unpaired) electrons. The van der Waals surface area contributed by atoms with Gasteiger partial charge >= 0.3 is 0 Å². The molecular formula is C20H20BrClN2O. The van der Waals surface area contributed by atoms with Crippen molar-refractivity contribution in [2.45, 2.75) is 32.7 Å². The van der Waals surface area contributed by atoms with Crippen molar-refractivity contribution in [1.29, 1.82) is 0 Å². The van der Waals surface area contributed by atoms with Gasteiger partial charge in [-0.05, 0) is 62.6 Å². The highest BCUT2D eigenvalue weighted by Crippen LogP contribution is 2.32. The highest BCUT2D eigenvalue weighted by atomic mass is 79.9. The van der Waals surface area contributed by atoms with Crippen molar-refractivity contribution in [3.63, 3.8) is 0 Å². The van der Waals surface area contributed by atoms with Gasteiger partial charge in [0.2, 0.25) is 0 Å². The Hall–Kier alpha value is -1.78. The molecule has 0 aliphatic heterocycles. The average Bonchev–Trinajstić information content (AvgIpc) is 2.96. The van der Waals surface area contributed by atoms with Crippen LogP contribution in [0, 0.1) is 6.92 Å². The van der Waals surface area contributed by atoms with E-state index in [-0.39, 0.29) is 6.04 Å². The fourth-order valence-corrected chi connectivity index (χ4v) is 3.22. The number of nitrogens with one attached hydrogen (secondary N) is 1. The number of anilines is 1. The summed E-state index contributed by atoms with van der Waals surface area (Å²) in [7, 11) is 0. The topological polar surface area (TPSA) is 38.1 Å². The number of rotatable bonds is 6. The van der Waals surface area contributed by atoms with E-state index in [0.717, 1.165) is 45.0 Å². The van der Waals surface area contributed by atoms with Gasteiger partial charge in [0.05, 0.1) is 0 Å². The van der Waals surface area contributed by atoms with Crippen LogP contribution in [-0.4, -0.2) is 11.2 Å². The normalized spacial score (nSPS) is 12.2. The van der Waals surface area contributed by atoms with Gasteiger partial charge in [0.15, 0.2) is 5.76 Å². The van der Waals surface area contributed by atoms with Crippen molar-refractivity contribution in [3.05, 3.63) is 69.3 Å². The molecule has 1 atom stereocenters. The molecule has 0 bridgehead atoms. The summed E-state index contributed by atoms with van der Waals surface area (Å²) in [5.41, 5.74) is 3.99. The Kier molecular flexibility index (Phi) is 5.82. The Morgan fingerprint density at radius 1 is 1.16 bits per heavy atom. The molecule has 1 unspecified atom stereocenters. The van der Waals surface area contributed by atoms with E-state index in [1.54, 1.807) is 0 Å². The second-order valence-corrected chi connectivity index (χ2v) is 7.48. The van der Waals surface area contributed by atoms with Crippen LogP contribution in [0.25, 0.3) is 11.3 Å². The maximum Gasteiger partial charge on any atom is 0.190 e. The van der Waals surface area contributed by atoms with E-state index in [4.69, 9.17) is 16.1 Å². The van der Waals surface area contributed by atoms with Crippen LogP contribution in [0.5, 0.6) is 0 Å². The zero-order chi connectivity index (χ0) is 17.8. The van der Waals surface area contributed by atoms with Crippen molar-refractivity contribution < 1.29 is 4.52 Å². The third-order valence-corrected chi connectivity index (χ3v) is 5.06. The second kappa shape index (κ2) is 8.07. The summed E-state index contributed by atoms with van der Waals surface area (Å²) >= 11 is 9.70. The number of benzene rings is 2. The molecule has 130 valence electrons. The molecule has 3 aromatic rings. The number of hydrogen-bond donors (Lipinski definition) is 1. The predicted molar refractivity (Wildman–Crippen MR) is 107 cm³/mol. The van der Waals surface area contributed by atoms with Gasteiger partial charge in [0.1, 0.15) is 11.4 Å². The predicted octanol–water partition coefficient (Wildman–Crippen LogP) is 6.50. The minimum atomic E-state index is 0.267. The van der Waals surface area contributed by atoms with Crippen LogP contribution < -0.4 is 5.32 Å². The minimum Gasteiger partial charge on any atom is -0.378 e. The molecule has 2 aromatic carbocycles. The number of aromatic nitrogens is 1. The molecular weight excluding hydrogens is 400 g/mol. The Morgan fingerprint density at radius 3 is 2.60 bits per heavy atom. The number of hydrogen-bond acceptors (Lipinski definition) is 3. The highest BCUT2D eigenvalue weighted by molar-refractivity contribution is 9.10. The minimum absolute atomic E-state index is 0.267. The van der Waals surface area contributed by atoms with E-state index >= 15 is 0 Å². The van der Waals surface area contributed by atoms with Gasteiger partial charge in [-0.15, -0.1) is 0 Å². The molecule has 0 saturated heterocycles. The lowest BCUT2D eigenvalue weighted by Crippen LogP contribution is -2.16. The average molecular weight is 420 g/mol. The van der Waals surface area contributed by atoms with Crippen molar-refractivity contribution in [1.82, 2.24) is 5.16 Å². The van der Waals surface area contributed by atoms with Gasteiger partial charge in [0, 0.05) is 21.1 Å². The van der Waals surface area contributed by atoms with E-state index in [9.17, 15) is 0 Å². The first-order valence-electron chi connectivity index (χ1n) is 8.26. The third kappa shape index (κ3) is 4.44. The fraction of sp³-hybridized carbons (Fsp3) is 0.250. The van der Waals surface area contributed by atoms with Gasteiger partial charge in [-0.1, -0.05) is 50.9 Å². The molecule has 1 N–H and O–H groups in total. The Labute approximate surface area is 161 Å². The SMILES string of the molecule is Cc1noc(-c2ccc(Br)cc2)c1NC(C)CCc1ccccc1Cl. The first-order valence-corrected chi connectivity index (χ1v) is 9.44. The Morgan fingerprint density at radius 2 is 1.88 bits per heavy atom. The number of nitrogens with zero attached hydrogens (tertiary/aromatic N) is 1. The zero-order valence-corrected chi connectivity index (χ0v) is 16.6. The number of halogens is 2. The summed E-state index contributed by atoms with van der Waals surface area (Å²) in [4.78, 5) is 0. The van der Waals surface area contributed by atoms with Gasteiger partial charge in [-0.2, -0.15) is 0 Å². The molecule has 0 aliphatic rings. The lowest BCUT2D eigenvalue weighted by Gasteiger charge is -2.16. The summed E-state index contributed by atoms with van der Waals surface area (Å²) in [5.74, 6) is 0.773. The van der Waals surface area contributed by atoms with Crippen LogP contribution in [0.4, 0.5) is 5.69 Å². The summed E-state index contributed by atoms with van der Waals surface area (Å²) in [6, 6.07) is 16.3. The van der Waals surface area contributed by atoms with Crippen molar-refractivity contribution in [3.8, 4) is 11.3 Å². The van der Waals surface area contributed by atoms with Gasteiger partial charge < -0.3 is 9.84 Å². The molecule has 0 fully saturated rings. The number of aryl methyl sites for hydroxylation is 2. The molecule has 3 nitrogen and oxygen atoms in total. The van der Waals surface area contributed by atoms with Gasteiger partial charge in [-0.3, -0.25) is 0 Å². The standard InChI is InChI=1S/C20H20BrClN2O/c1-13(7-8-15-5-3-4-6-18(15)22)23-19-14(2)24-25-20(19)16-9-11-17(21)12-10-16/h3-6,9-13,23H,7-8H2,1-2H3. The Balaban J connectivity index is 1.71. The molecule has 5 heteroatoms. The van der Waals surface area contributed by atoms with E-state index < -0.39 is 0 Å². The Bertz CT molecular complexity index is 845. The molecule has 25 heavy (non-hydrogen) atoms. The largest absolute Gasteiger partial charge is 0.378 e. The maximum atomic E-state index is 6.24. The molecule has 1 aromatic heterocycles. The molecule has 0 saturated carbocycles. The monoisotopic (exact) mass is 418 g/mol.